The van der Waals surface area contributed by atoms with Crippen LogP contribution in [0, 0.1) is 0 Å². The molecule has 2 atom stereocenters. The molecule has 0 saturated carbocycles. The zero-order valence-corrected chi connectivity index (χ0v) is 8.79. The van der Waals surface area contributed by atoms with Crippen molar-refractivity contribution in [2.45, 2.75) is 26.0 Å². The maximum absolute atomic E-state index is 5.61. The summed E-state index contributed by atoms with van der Waals surface area (Å²) in [4.78, 5) is 0. The fraction of sp³-hybridized carbons (Fsp3) is 1.00. The summed E-state index contributed by atoms with van der Waals surface area (Å²) in [5.74, 6) is 0. The van der Waals surface area contributed by atoms with Gasteiger partial charge in [0.2, 0.25) is 0 Å². The highest BCUT2D eigenvalue weighted by Crippen LogP contribution is 1.94. The second-order valence-electron chi connectivity index (χ2n) is 3.04. The first-order valence-corrected chi connectivity index (χ1v) is 4.62. The van der Waals surface area contributed by atoms with E-state index < -0.39 is 0 Å². The first-order chi connectivity index (χ1) is 6.18. The molecule has 13 heavy (non-hydrogen) atoms. The molecule has 0 bridgehead atoms. The molecule has 0 radical (unpaired) electrons. The molecule has 0 aliphatic heterocycles. The van der Waals surface area contributed by atoms with Crippen LogP contribution in [0.2, 0.25) is 0 Å². The molecule has 0 aromatic rings. The largest absolute Gasteiger partial charge is 0.382 e. The van der Waals surface area contributed by atoms with Crippen LogP contribution < -0.4 is 5.73 Å². The molecule has 0 saturated heterocycles. The number of rotatable bonds is 8. The standard InChI is InChI=1S/C9H21NO3/c1-8(10)9(2)13-7-6-12-5-4-11-3/h8-9H,4-7,10H2,1-3H3. The van der Waals surface area contributed by atoms with E-state index in [0.717, 1.165) is 0 Å². The van der Waals surface area contributed by atoms with Crippen molar-refractivity contribution >= 4 is 0 Å². The van der Waals surface area contributed by atoms with Crippen molar-refractivity contribution in [1.29, 1.82) is 0 Å². The van der Waals surface area contributed by atoms with E-state index in [0.29, 0.717) is 26.4 Å². The Hall–Kier alpha value is -0.160. The minimum atomic E-state index is 0.0685. The molecule has 0 rings (SSSR count). The Bertz CT molecular complexity index is 109. The van der Waals surface area contributed by atoms with Gasteiger partial charge in [0.1, 0.15) is 0 Å². The molecule has 0 aliphatic rings. The van der Waals surface area contributed by atoms with Crippen LogP contribution in [-0.2, 0) is 14.2 Å². The van der Waals surface area contributed by atoms with Gasteiger partial charge < -0.3 is 19.9 Å². The Labute approximate surface area is 80.3 Å². The molecular formula is C9H21NO3. The van der Waals surface area contributed by atoms with Crippen LogP contribution in [0.15, 0.2) is 0 Å². The third-order valence-electron chi connectivity index (χ3n) is 1.78. The number of ether oxygens (including phenoxy) is 3. The van der Waals surface area contributed by atoms with Crippen LogP contribution in [0.5, 0.6) is 0 Å². The number of hydrogen-bond donors (Lipinski definition) is 1. The van der Waals surface area contributed by atoms with Gasteiger partial charge in [0.05, 0.1) is 32.5 Å². The second-order valence-corrected chi connectivity index (χ2v) is 3.04. The van der Waals surface area contributed by atoms with Crippen molar-refractivity contribution < 1.29 is 14.2 Å². The molecule has 4 nitrogen and oxygen atoms in total. The van der Waals surface area contributed by atoms with E-state index >= 15 is 0 Å². The molecule has 0 spiro atoms. The maximum Gasteiger partial charge on any atom is 0.0704 e. The minimum Gasteiger partial charge on any atom is -0.382 e. The molecule has 4 heteroatoms. The van der Waals surface area contributed by atoms with Crippen LogP contribution in [-0.4, -0.2) is 45.7 Å². The maximum atomic E-state index is 5.61. The molecule has 2 unspecified atom stereocenters. The van der Waals surface area contributed by atoms with Crippen LogP contribution in [0.3, 0.4) is 0 Å². The van der Waals surface area contributed by atoms with Crippen molar-refractivity contribution in [3.8, 4) is 0 Å². The molecule has 0 aliphatic carbocycles. The third-order valence-corrected chi connectivity index (χ3v) is 1.78. The van der Waals surface area contributed by atoms with Crippen molar-refractivity contribution in [2.24, 2.45) is 5.73 Å². The van der Waals surface area contributed by atoms with Crippen molar-refractivity contribution in [3.63, 3.8) is 0 Å². The Morgan fingerprint density at radius 3 is 2.23 bits per heavy atom. The van der Waals surface area contributed by atoms with Crippen molar-refractivity contribution in [3.05, 3.63) is 0 Å². The molecule has 80 valence electrons. The first-order valence-electron chi connectivity index (χ1n) is 4.62. The summed E-state index contributed by atoms with van der Waals surface area (Å²) in [6, 6.07) is 0.0685. The van der Waals surface area contributed by atoms with E-state index in [4.69, 9.17) is 19.9 Å². The molecule has 0 heterocycles. The fourth-order valence-electron chi connectivity index (χ4n) is 0.689. The zero-order chi connectivity index (χ0) is 10.1. The average Bonchev–Trinajstić information content (AvgIpc) is 2.10. The quantitative estimate of drug-likeness (QED) is 0.564. The summed E-state index contributed by atoms with van der Waals surface area (Å²) in [7, 11) is 1.65. The lowest BCUT2D eigenvalue weighted by atomic mass is 10.2. The van der Waals surface area contributed by atoms with Gasteiger partial charge in [-0.1, -0.05) is 0 Å². The van der Waals surface area contributed by atoms with E-state index in [1.807, 2.05) is 13.8 Å². The summed E-state index contributed by atoms with van der Waals surface area (Å²) in [6.07, 6.45) is 0.0889. The van der Waals surface area contributed by atoms with E-state index in [-0.39, 0.29) is 12.1 Å². The Kier molecular flexibility index (Phi) is 8.33. The fourth-order valence-corrected chi connectivity index (χ4v) is 0.689. The van der Waals surface area contributed by atoms with Crippen molar-refractivity contribution in [2.75, 3.05) is 33.5 Å². The van der Waals surface area contributed by atoms with Gasteiger partial charge in [0, 0.05) is 13.2 Å². The van der Waals surface area contributed by atoms with Gasteiger partial charge in [-0.15, -0.1) is 0 Å². The third kappa shape index (κ3) is 8.18. The average molecular weight is 191 g/mol. The van der Waals surface area contributed by atoms with Crippen molar-refractivity contribution in [1.82, 2.24) is 0 Å². The molecular weight excluding hydrogens is 170 g/mol. The lowest BCUT2D eigenvalue weighted by Gasteiger charge is -2.16. The van der Waals surface area contributed by atoms with E-state index in [1.54, 1.807) is 7.11 Å². The summed E-state index contributed by atoms with van der Waals surface area (Å²) >= 11 is 0. The molecule has 2 N–H and O–H groups in total. The normalized spacial score (nSPS) is 15.7. The lowest BCUT2D eigenvalue weighted by Crippen LogP contribution is -2.32. The number of methoxy groups -OCH3 is 1. The molecule has 0 aromatic heterocycles. The van der Waals surface area contributed by atoms with Gasteiger partial charge in [-0.25, -0.2) is 0 Å². The van der Waals surface area contributed by atoms with Crippen LogP contribution >= 0.6 is 0 Å². The Balaban J connectivity index is 3.07. The van der Waals surface area contributed by atoms with Gasteiger partial charge in [-0.05, 0) is 13.8 Å². The smallest absolute Gasteiger partial charge is 0.0704 e. The molecule has 0 amide bonds. The number of nitrogens with two attached hydrogens (primary N) is 1. The van der Waals surface area contributed by atoms with Gasteiger partial charge in [0.15, 0.2) is 0 Å². The molecule has 0 aromatic carbocycles. The van der Waals surface area contributed by atoms with Crippen LogP contribution in [0.25, 0.3) is 0 Å². The highest BCUT2D eigenvalue weighted by molar-refractivity contribution is 4.61. The topological polar surface area (TPSA) is 53.7 Å². The van der Waals surface area contributed by atoms with Crippen LogP contribution in [0.1, 0.15) is 13.8 Å². The zero-order valence-electron chi connectivity index (χ0n) is 8.79. The monoisotopic (exact) mass is 191 g/mol. The highest BCUT2D eigenvalue weighted by atomic mass is 16.5. The van der Waals surface area contributed by atoms with Gasteiger partial charge in [-0.3, -0.25) is 0 Å². The van der Waals surface area contributed by atoms with Crippen LogP contribution in [0.4, 0.5) is 0 Å². The lowest BCUT2D eigenvalue weighted by molar-refractivity contribution is -0.00629. The predicted molar refractivity (Wildman–Crippen MR) is 51.8 cm³/mol. The molecule has 0 fully saturated rings. The summed E-state index contributed by atoms with van der Waals surface area (Å²) in [5, 5.41) is 0. The van der Waals surface area contributed by atoms with E-state index in [1.165, 1.54) is 0 Å². The first kappa shape index (κ1) is 12.8. The Morgan fingerprint density at radius 2 is 1.69 bits per heavy atom. The van der Waals surface area contributed by atoms with Gasteiger partial charge in [-0.2, -0.15) is 0 Å². The summed E-state index contributed by atoms with van der Waals surface area (Å²) < 4.78 is 15.4. The highest BCUT2D eigenvalue weighted by Gasteiger charge is 2.06. The number of hydrogen-bond acceptors (Lipinski definition) is 4. The summed E-state index contributed by atoms with van der Waals surface area (Å²) in [6.45, 7) is 6.32. The SMILES string of the molecule is COCCOCCOC(C)C(C)N. The van der Waals surface area contributed by atoms with E-state index in [2.05, 4.69) is 0 Å². The van der Waals surface area contributed by atoms with Gasteiger partial charge in [0.25, 0.3) is 0 Å². The minimum absolute atomic E-state index is 0.0685. The Morgan fingerprint density at radius 1 is 1.08 bits per heavy atom. The van der Waals surface area contributed by atoms with E-state index in [9.17, 15) is 0 Å². The second kappa shape index (κ2) is 8.44. The predicted octanol–water partition coefficient (Wildman–Crippen LogP) is 0.402. The summed E-state index contributed by atoms with van der Waals surface area (Å²) in [5.41, 5.74) is 5.61. The van der Waals surface area contributed by atoms with Gasteiger partial charge >= 0.3 is 0 Å².